The lowest BCUT2D eigenvalue weighted by atomic mass is 10.0. The summed E-state index contributed by atoms with van der Waals surface area (Å²) in [4.78, 5) is 4.12. The highest BCUT2D eigenvalue weighted by molar-refractivity contribution is 9.10. The van der Waals surface area contributed by atoms with Crippen molar-refractivity contribution in [2.45, 2.75) is 19.8 Å². The van der Waals surface area contributed by atoms with Crippen LogP contribution in [0.15, 0.2) is 16.9 Å². The van der Waals surface area contributed by atoms with Crippen molar-refractivity contribution in [3.8, 4) is 5.75 Å². The molecule has 1 aromatic rings. The zero-order valence-corrected chi connectivity index (χ0v) is 11.4. The number of methoxy groups -OCH3 is 1. The fourth-order valence-electron chi connectivity index (χ4n) is 2.65. The first-order chi connectivity index (χ1) is 7.54. The van der Waals surface area contributed by atoms with Crippen LogP contribution in [-0.2, 0) is 0 Å². The van der Waals surface area contributed by atoms with Crippen LogP contribution < -0.4 is 10.5 Å². The molecular formula is C12H17BrN2O. The number of hydrogen-bond donors (Lipinski definition) is 1. The molecule has 4 heteroatoms. The van der Waals surface area contributed by atoms with E-state index >= 15 is 0 Å². The maximum atomic E-state index is 5.81. The molecule has 2 rings (SSSR count). The van der Waals surface area contributed by atoms with Crippen LogP contribution >= 0.6 is 15.9 Å². The van der Waals surface area contributed by atoms with E-state index in [0.29, 0.717) is 11.8 Å². The second-order valence-corrected chi connectivity index (χ2v) is 5.73. The van der Waals surface area contributed by atoms with E-state index < -0.39 is 0 Å². The van der Waals surface area contributed by atoms with Crippen LogP contribution in [-0.4, -0.2) is 18.6 Å². The van der Waals surface area contributed by atoms with Gasteiger partial charge in [0, 0.05) is 16.2 Å². The Morgan fingerprint density at radius 1 is 1.50 bits per heavy atom. The highest BCUT2D eigenvalue weighted by Gasteiger charge is 2.58. The summed E-state index contributed by atoms with van der Waals surface area (Å²) in [6.07, 6.45) is 3.59. The van der Waals surface area contributed by atoms with Crippen LogP contribution in [0.1, 0.15) is 25.3 Å². The molecule has 2 atom stereocenters. The maximum absolute atomic E-state index is 5.81. The molecule has 0 bridgehead atoms. The van der Waals surface area contributed by atoms with E-state index in [4.69, 9.17) is 10.5 Å². The van der Waals surface area contributed by atoms with Crippen molar-refractivity contribution >= 4 is 15.9 Å². The molecule has 0 saturated heterocycles. The summed E-state index contributed by atoms with van der Waals surface area (Å²) in [5, 5.41) is 0. The molecule has 0 aromatic carbocycles. The van der Waals surface area contributed by atoms with Gasteiger partial charge in [-0.15, -0.1) is 0 Å². The molecule has 1 aromatic heterocycles. The van der Waals surface area contributed by atoms with E-state index in [1.54, 1.807) is 13.3 Å². The third-order valence-electron chi connectivity index (χ3n) is 3.74. The van der Waals surface area contributed by atoms with Gasteiger partial charge in [0.1, 0.15) is 5.75 Å². The Bertz CT molecular complexity index is 406. The van der Waals surface area contributed by atoms with Crippen LogP contribution in [0.25, 0.3) is 0 Å². The summed E-state index contributed by atoms with van der Waals surface area (Å²) in [6.45, 7) is 5.22. The number of halogens is 1. The summed E-state index contributed by atoms with van der Waals surface area (Å²) in [5.74, 6) is 1.84. The molecule has 0 aliphatic heterocycles. The molecule has 16 heavy (non-hydrogen) atoms. The minimum Gasteiger partial charge on any atom is -0.495 e. The Labute approximate surface area is 105 Å². The third-order valence-corrected chi connectivity index (χ3v) is 4.37. The lowest BCUT2D eigenvalue weighted by Crippen LogP contribution is -2.05. The predicted octanol–water partition coefficient (Wildman–Crippen LogP) is 2.55. The van der Waals surface area contributed by atoms with Crippen LogP contribution in [0.2, 0.25) is 0 Å². The van der Waals surface area contributed by atoms with Crippen molar-refractivity contribution in [2.75, 3.05) is 13.7 Å². The Balaban J connectivity index is 2.42. The molecule has 1 aliphatic carbocycles. The van der Waals surface area contributed by atoms with Crippen molar-refractivity contribution in [3.05, 3.63) is 22.4 Å². The van der Waals surface area contributed by atoms with Gasteiger partial charge in [-0.2, -0.15) is 0 Å². The van der Waals surface area contributed by atoms with Crippen molar-refractivity contribution in [2.24, 2.45) is 17.1 Å². The number of nitrogens with zero attached hydrogens (tertiary/aromatic N) is 1. The normalized spacial score (nSPS) is 26.6. The fraction of sp³-hybridized carbons (Fsp3) is 0.583. The number of pyridine rings is 1. The Kier molecular flexibility index (Phi) is 2.97. The molecule has 0 radical (unpaired) electrons. The second-order valence-electron chi connectivity index (χ2n) is 4.88. The van der Waals surface area contributed by atoms with Gasteiger partial charge in [-0.05, 0) is 39.7 Å². The number of nitrogens with two attached hydrogens (primary N) is 1. The predicted molar refractivity (Wildman–Crippen MR) is 67.6 cm³/mol. The Hall–Kier alpha value is -0.610. The lowest BCUT2D eigenvalue weighted by molar-refractivity contribution is 0.405. The van der Waals surface area contributed by atoms with Crippen LogP contribution in [0.5, 0.6) is 5.75 Å². The minimum absolute atomic E-state index is 0.256. The molecular weight excluding hydrogens is 268 g/mol. The van der Waals surface area contributed by atoms with Gasteiger partial charge in [-0.25, -0.2) is 0 Å². The highest BCUT2D eigenvalue weighted by Crippen LogP contribution is 2.66. The first-order valence-corrected chi connectivity index (χ1v) is 6.20. The topological polar surface area (TPSA) is 48.1 Å². The summed E-state index contributed by atoms with van der Waals surface area (Å²) in [5.41, 5.74) is 7.27. The van der Waals surface area contributed by atoms with Crippen LogP contribution in [0, 0.1) is 11.3 Å². The zero-order chi connectivity index (χ0) is 11.9. The smallest absolute Gasteiger partial charge is 0.141 e. The minimum atomic E-state index is 0.256. The largest absolute Gasteiger partial charge is 0.495 e. The standard InChI is InChI=1S/C12H17BrN2O/c1-12(2)7(4-14)11(12)10-8(13)5-15-6-9(10)16-3/h5-7,11H,4,14H2,1-3H3/t7-,11+/m0/s1. The van der Waals surface area contributed by atoms with E-state index in [1.165, 1.54) is 5.56 Å². The van der Waals surface area contributed by atoms with E-state index in [1.807, 2.05) is 6.20 Å². The summed E-state index contributed by atoms with van der Waals surface area (Å²) >= 11 is 3.55. The second kappa shape index (κ2) is 4.00. The van der Waals surface area contributed by atoms with Crippen molar-refractivity contribution in [3.63, 3.8) is 0 Å². The van der Waals surface area contributed by atoms with Gasteiger partial charge < -0.3 is 10.5 Å². The Morgan fingerprint density at radius 2 is 2.19 bits per heavy atom. The summed E-state index contributed by atoms with van der Waals surface area (Å²) in [7, 11) is 1.68. The number of aromatic nitrogens is 1. The van der Waals surface area contributed by atoms with E-state index in [-0.39, 0.29) is 5.41 Å². The third kappa shape index (κ3) is 1.64. The van der Waals surface area contributed by atoms with Gasteiger partial charge >= 0.3 is 0 Å². The Morgan fingerprint density at radius 3 is 2.69 bits per heavy atom. The average molecular weight is 285 g/mol. The van der Waals surface area contributed by atoms with Gasteiger partial charge in [0.2, 0.25) is 0 Å². The van der Waals surface area contributed by atoms with E-state index in [9.17, 15) is 0 Å². The van der Waals surface area contributed by atoms with Gasteiger partial charge in [0.15, 0.2) is 0 Å². The van der Waals surface area contributed by atoms with Crippen molar-refractivity contribution < 1.29 is 4.74 Å². The fourth-order valence-corrected chi connectivity index (χ4v) is 3.21. The van der Waals surface area contributed by atoms with E-state index in [0.717, 1.165) is 16.8 Å². The van der Waals surface area contributed by atoms with Gasteiger partial charge in [0.05, 0.1) is 13.3 Å². The highest BCUT2D eigenvalue weighted by atomic mass is 79.9. The maximum Gasteiger partial charge on any atom is 0.141 e. The van der Waals surface area contributed by atoms with E-state index in [2.05, 4.69) is 34.8 Å². The van der Waals surface area contributed by atoms with Crippen molar-refractivity contribution in [1.29, 1.82) is 0 Å². The van der Waals surface area contributed by atoms with Gasteiger partial charge in [-0.3, -0.25) is 4.98 Å². The molecule has 1 heterocycles. The first-order valence-electron chi connectivity index (χ1n) is 5.41. The first kappa shape index (κ1) is 11.9. The average Bonchev–Trinajstić information content (AvgIpc) is 2.79. The molecule has 3 nitrogen and oxygen atoms in total. The molecule has 0 spiro atoms. The zero-order valence-electron chi connectivity index (χ0n) is 9.83. The van der Waals surface area contributed by atoms with Gasteiger partial charge in [-0.1, -0.05) is 13.8 Å². The molecule has 1 fully saturated rings. The number of ether oxygens (including phenoxy) is 1. The molecule has 88 valence electrons. The van der Waals surface area contributed by atoms with Crippen molar-refractivity contribution in [1.82, 2.24) is 4.98 Å². The molecule has 1 aliphatic rings. The quantitative estimate of drug-likeness (QED) is 0.928. The van der Waals surface area contributed by atoms with Crippen LogP contribution in [0.4, 0.5) is 0 Å². The number of hydrogen-bond acceptors (Lipinski definition) is 3. The number of rotatable bonds is 3. The van der Waals surface area contributed by atoms with Crippen LogP contribution in [0.3, 0.4) is 0 Å². The molecule has 0 amide bonds. The monoisotopic (exact) mass is 284 g/mol. The molecule has 1 saturated carbocycles. The summed E-state index contributed by atoms with van der Waals surface area (Å²) < 4.78 is 6.40. The SMILES string of the molecule is COc1cncc(Br)c1[C@H]1[C@H](CN)C1(C)C. The lowest BCUT2D eigenvalue weighted by Gasteiger charge is -2.11. The summed E-state index contributed by atoms with van der Waals surface area (Å²) in [6, 6.07) is 0. The van der Waals surface area contributed by atoms with Gasteiger partial charge in [0.25, 0.3) is 0 Å². The molecule has 2 N–H and O–H groups in total. The molecule has 0 unspecified atom stereocenters.